The summed E-state index contributed by atoms with van der Waals surface area (Å²) in [6, 6.07) is 3.89. The van der Waals surface area contributed by atoms with Gasteiger partial charge in [-0.2, -0.15) is 0 Å². The highest BCUT2D eigenvalue weighted by atomic mass is 79.9. The van der Waals surface area contributed by atoms with Crippen LogP contribution in [-0.2, 0) is 0 Å². The normalized spacial score (nSPS) is 11.8. The standard InChI is InChI=1S/C13H14Br2N2O/c1-13(2,3)17-12(18)8-6-16-11-5-10(15)9(14)4-7(8)11/h4-6,16H,1-3H3,(H,17,18). The Labute approximate surface area is 123 Å². The van der Waals surface area contributed by atoms with Crippen molar-refractivity contribution in [1.29, 1.82) is 0 Å². The minimum absolute atomic E-state index is 0.0667. The van der Waals surface area contributed by atoms with E-state index >= 15 is 0 Å². The lowest BCUT2D eigenvalue weighted by Crippen LogP contribution is -2.40. The Balaban J connectivity index is 2.46. The predicted octanol–water partition coefficient (Wildman–Crippen LogP) is 4.22. The number of amides is 1. The molecule has 0 unspecified atom stereocenters. The largest absolute Gasteiger partial charge is 0.360 e. The molecule has 2 aromatic rings. The second-order valence-corrected chi connectivity index (χ2v) is 6.93. The van der Waals surface area contributed by atoms with Gasteiger partial charge in [-0.25, -0.2) is 0 Å². The number of carbonyl (C=O) groups is 1. The number of hydrogen-bond acceptors (Lipinski definition) is 1. The van der Waals surface area contributed by atoms with Crippen LogP contribution in [-0.4, -0.2) is 16.4 Å². The average Bonchev–Trinajstić information content (AvgIpc) is 2.59. The molecule has 0 aliphatic heterocycles. The summed E-state index contributed by atoms with van der Waals surface area (Å²) in [6.07, 6.45) is 1.74. The molecule has 1 amide bonds. The lowest BCUT2D eigenvalue weighted by atomic mass is 10.1. The lowest BCUT2D eigenvalue weighted by molar-refractivity contribution is 0.0921. The number of aromatic nitrogens is 1. The first-order chi connectivity index (χ1) is 8.28. The first kappa shape index (κ1) is 13.6. The highest BCUT2D eigenvalue weighted by molar-refractivity contribution is 9.13. The van der Waals surface area contributed by atoms with Crippen LogP contribution >= 0.6 is 31.9 Å². The molecule has 0 spiro atoms. The van der Waals surface area contributed by atoms with E-state index in [1.54, 1.807) is 6.20 Å². The molecule has 1 heterocycles. The fourth-order valence-electron chi connectivity index (χ4n) is 1.71. The second-order valence-electron chi connectivity index (χ2n) is 5.22. The van der Waals surface area contributed by atoms with Crippen LogP contribution in [0.3, 0.4) is 0 Å². The van der Waals surface area contributed by atoms with Crippen molar-refractivity contribution < 1.29 is 4.79 Å². The number of aromatic amines is 1. The fraction of sp³-hybridized carbons (Fsp3) is 0.308. The number of rotatable bonds is 1. The maximum atomic E-state index is 12.2. The van der Waals surface area contributed by atoms with E-state index in [1.165, 1.54) is 0 Å². The molecule has 0 saturated heterocycles. The van der Waals surface area contributed by atoms with E-state index in [-0.39, 0.29) is 11.4 Å². The smallest absolute Gasteiger partial charge is 0.253 e. The summed E-state index contributed by atoms with van der Waals surface area (Å²) in [5.74, 6) is -0.0667. The maximum Gasteiger partial charge on any atom is 0.253 e. The van der Waals surface area contributed by atoms with Crippen molar-refractivity contribution in [3.63, 3.8) is 0 Å². The first-order valence-corrected chi connectivity index (χ1v) is 7.15. The molecule has 0 atom stereocenters. The Morgan fingerprint density at radius 3 is 2.44 bits per heavy atom. The van der Waals surface area contributed by atoms with Crippen LogP contribution < -0.4 is 5.32 Å². The van der Waals surface area contributed by atoms with Gasteiger partial charge in [-0.05, 0) is 64.8 Å². The molecule has 0 aliphatic rings. The molecule has 1 aromatic carbocycles. The summed E-state index contributed by atoms with van der Waals surface area (Å²) < 4.78 is 1.89. The summed E-state index contributed by atoms with van der Waals surface area (Å²) in [5.41, 5.74) is 1.35. The van der Waals surface area contributed by atoms with Gasteiger partial charge in [-0.1, -0.05) is 0 Å². The Morgan fingerprint density at radius 2 is 1.83 bits per heavy atom. The van der Waals surface area contributed by atoms with E-state index in [0.29, 0.717) is 5.56 Å². The SMILES string of the molecule is CC(C)(C)NC(=O)c1c[nH]c2cc(Br)c(Br)cc12. The number of benzene rings is 1. The Morgan fingerprint density at radius 1 is 1.22 bits per heavy atom. The van der Waals surface area contributed by atoms with E-state index in [4.69, 9.17) is 0 Å². The van der Waals surface area contributed by atoms with Crippen molar-refractivity contribution in [2.45, 2.75) is 26.3 Å². The van der Waals surface area contributed by atoms with Gasteiger partial charge in [-0.3, -0.25) is 4.79 Å². The van der Waals surface area contributed by atoms with Crippen molar-refractivity contribution in [2.75, 3.05) is 0 Å². The molecule has 18 heavy (non-hydrogen) atoms. The van der Waals surface area contributed by atoms with E-state index in [0.717, 1.165) is 19.8 Å². The van der Waals surface area contributed by atoms with Gasteiger partial charge in [0.25, 0.3) is 5.91 Å². The highest BCUT2D eigenvalue weighted by Crippen LogP contribution is 2.30. The fourth-order valence-corrected chi connectivity index (χ4v) is 2.40. The molecule has 5 heteroatoms. The quantitative estimate of drug-likeness (QED) is 0.772. The molecular weight excluding hydrogens is 360 g/mol. The zero-order valence-corrected chi connectivity index (χ0v) is 13.6. The number of carbonyl (C=O) groups excluding carboxylic acids is 1. The zero-order chi connectivity index (χ0) is 13.5. The van der Waals surface area contributed by atoms with Crippen LogP contribution in [0.2, 0.25) is 0 Å². The Bertz CT molecular complexity index is 611. The molecule has 2 rings (SSSR count). The van der Waals surface area contributed by atoms with Gasteiger partial charge >= 0.3 is 0 Å². The summed E-state index contributed by atoms with van der Waals surface area (Å²) in [5, 5.41) is 3.87. The highest BCUT2D eigenvalue weighted by Gasteiger charge is 2.18. The number of H-pyrrole nitrogens is 1. The third kappa shape index (κ3) is 2.78. The molecule has 2 N–H and O–H groups in total. The molecule has 0 radical (unpaired) electrons. The van der Waals surface area contributed by atoms with E-state index in [1.807, 2.05) is 32.9 Å². The Hall–Kier alpha value is -0.810. The van der Waals surface area contributed by atoms with E-state index in [2.05, 4.69) is 42.2 Å². The summed E-state index contributed by atoms with van der Waals surface area (Å²) in [4.78, 5) is 15.3. The third-order valence-corrected chi connectivity index (χ3v) is 4.30. The number of hydrogen-bond donors (Lipinski definition) is 2. The van der Waals surface area contributed by atoms with Crippen LogP contribution in [0.5, 0.6) is 0 Å². The van der Waals surface area contributed by atoms with Crippen LogP contribution in [0.1, 0.15) is 31.1 Å². The zero-order valence-electron chi connectivity index (χ0n) is 10.4. The van der Waals surface area contributed by atoms with Gasteiger partial charge in [0.1, 0.15) is 0 Å². The number of nitrogens with one attached hydrogen (secondary N) is 2. The summed E-state index contributed by atoms with van der Waals surface area (Å²) >= 11 is 6.90. The van der Waals surface area contributed by atoms with Crippen LogP contribution in [0.25, 0.3) is 10.9 Å². The van der Waals surface area contributed by atoms with E-state index in [9.17, 15) is 4.79 Å². The van der Waals surface area contributed by atoms with Gasteiger partial charge in [0.15, 0.2) is 0 Å². The molecule has 1 aromatic heterocycles. The van der Waals surface area contributed by atoms with E-state index < -0.39 is 0 Å². The molecular formula is C13H14Br2N2O. The van der Waals surface area contributed by atoms with Crippen molar-refractivity contribution in [3.8, 4) is 0 Å². The van der Waals surface area contributed by atoms with Crippen LogP contribution in [0, 0.1) is 0 Å². The first-order valence-electron chi connectivity index (χ1n) is 5.56. The monoisotopic (exact) mass is 372 g/mol. The van der Waals surface area contributed by atoms with Crippen molar-refractivity contribution in [1.82, 2.24) is 10.3 Å². The summed E-state index contributed by atoms with van der Waals surface area (Å²) in [7, 11) is 0. The number of halogens is 2. The van der Waals surface area contributed by atoms with Gasteiger partial charge in [0.05, 0.1) is 5.56 Å². The van der Waals surface area contributed by atoms with Gasteiger partial charge in [-0.15, -0.1) is 0 Å². The molecule has 0 saturated carbocycles. The minimum Gasteiger partial charge on any atom is -0.360 e. The van der Waals surface area contributed by atoms with Gasteiger partial charge < -0.3 is 10.3 Å². The predicted molar refractivity (Wildman–Crippen MR) is 80.9 cm³/mol. The molecule has 0 fully saturated rings. The van der Waals surface area contributed by atoms with Gasteiger partial charge in [0, 0.05) is 31.6 Å². The van der Waals surface area contributed by atoms with Crippen molar-refractivity contribution in [2.24, 2.45) is 0 Å². The number of fused-ring (bicyclic) bond motifs is 1. The third-order valence-electron chi connectivity index (χ3n) is 2.46. The molecule has 96 valence electrons. The molecule has 0 bridgehead atoms. The van der Waals surface area contributed by atoms with Gasteiger partial charge in [0.2, 0.25) is 0 Å². The summed E-state index contributed by atoms with van der Waals surface area (Å²) in [6.45, 7) is 5.89. The van der Waals surface area contributed by atoms with Crippen molar-refractivity contribution >= 4 is 48.7 Å². The maximum absolute atomic E-state index is 12.2. The van der Waals surface area contributed by atoms with Crippen molar-refractivity contribution in [3.05, 3.63) is 32.8 Å². The Kier molecular flexibility index (Phi) is 3.56. The minimum atomic E-state index is -0.243. The molecule has 3 nitrogen and oxygen atoms in total. The average molecular weight is 374 g/mol. The lowest BCUT2D eigenvalue weighted by Gasteiger charge is -2.20. The second kappa shape index (κ2) is 4.70. The molecule has 0 aliphatic carbocycles. The topological polar surface area (TPSA) is 44.9 Å². The van der Waals surface area contributed by atoms with Crippen LogP contribution in [0.4, 0.5) is 0 Å². The van der Waals surface area contributed by atoms with Crippen LogP contribution in [0.15, 0.2) is 27.3 Å².